The minimum absolute atomic E-state index is 0.293. The number of hydrogen-bond acceptors (Lipinski definition) is 5. The molecular weight excluding hydrogens is 341 g/mol. The predicted octanol–water partition coefficient (Wildman–Crippen LogP) is 1.64. The van der Waals surface area contributed by atoms with Gasteiger partial charge in [-0.1, -0.05) is 0 Å². The minimum atomic E-state index is -4.71. The Labute approximate surface area is 142 Å². The first kappa shape index (κ1) is 19.1. The summed E-state index contributed by atoms with van der Waals surface area (Å²) in [6.07, 6.45) is -4.05. The summed E-state index contributed by atoms with van der Waals surface area (Å²) in [4.78, 5) is 24.3. The second kappa shape index (κ2) is 8.26. The standard InChI is InChI=1S/C15H19F3N4O3/c16-15(17,18)11-2-3-12(13(10-11)22(24)25)14(23)20-4-1-7-21-8-5-19-6-9-21/h2-3,10,19H,1,4-9H2,(H,20,23). The average molecular weight is 360 g/mol. The van der Waals surface area contributed by atoms with Crippen molar-refractivity contribution in [3.8, 4) is 0 Å². The number of piperazine rings is 1. The van der Waals surface area contributed by atoms with Gasteiger partial charge in [-0.05, 0) is 25.1 Å². The molecule has 25 heavy (non-hydrogen) atoms. The number of nitrogens with zero attached hydrogens (tertiary/aromatic N) is 2. The van der Waals surface area contributed by atoms with E-state index in [4.69, 9.17) is 0 Å². The summed E-state index contributed by atoms with van der Waals surface area (Å²) < 4.78 is 38.0. The van der Waals surface area contributed by atoms with E-state index in [1.807, 2.05) is 0 Å². The van der Waals surface area contributed by atoms with E-state index in [0.29, 0.717) is 25.1 Å². The monoisotopic (exact) mass is 360 g/mol. The Morgan fingerprint density at radius 1 is 1.32 bits per heavy atom. The molecule has 1 fully saturated rings. The lowest BCUT2D eigenvalue weighted by molar-refractivity contribution is -0.385. The number of nitrogens with one attached hydrogen (secondary N) is 2. The molecule has 1 aliphatic rings. The molecule has 1 aromatic rings. The van der Waals surface area contributed by atoms with Crippen LogP contribution in [-0.2, 0) is 6.18 Å². The molecule has 0 aromatic heterocycles. The van der Waals surface area contributed by atoms with Crippen molar-refractivity contribution in [3.05, 3.63) is 39.4 Å². The van der Waals surface area contributed by atoms with Gasteiger partial charge in [-0.15, -0.1) is 0 Å². The van der Waals surface area contributed by atoms with Gasteiger partial charge in [-0.3, -0.25) is 14.9 Å². The quantitative estimate of drug-likeness (QED) is 0.457. The number of benzene rings is 1. The van der Waals surface area contributed by atoms with Gasteiger partial charge in [0.05, 0.1) is 10.5 Å². The molecule has 10 heteroatoms. The van der Waals surface area contributed by atoms with Gasteiger partial charge >= 0.3 is 6.18 Å². The molecule has 0 radical (unpaired) electrons. The third-order valence-electron chi connectivity index (χ3n) is 3.91. The summed E-state index contributed by atoms with van der Waals surface area (Å²) in [5.74, 6) is -0.749. The molecular formula is C15H19F3N4O3. The lowest BCUT2D eigenvalue weighted by atomic mass is 10.1. The summed E-state index contributed by atoms with van der Waals surface area (Å²) in [5.41, 5.74) is -2.39. The van der Waals surface area contributed by atoms with E-state index in [-0.39, 0.29) is 5.56 Å². The molecule has 1 heterocycles. The van der Waals surface area contributed by atoms with Crippen molar-refractivity contribution in [1.29, 1.82) is 0 Å². The van der Waals surface area contributed by atoms with Gasteiger partial charge in [0, 0.05) is 38.8 Å². The fraction of sp³-hybridized carbons (Fsp3) is 0.533. The van der Waals surface area contributed by atoms with Crippen LogP contribution >= 0.6 is 0 Å². The van der Waals surface area contributed by atoms with E-state index in [0.717, 1.165) is 38.8 Å². The smallest absolute Gasteiger partial charge is 0.352 e. The Balaban J connectivity index is 1.95. The number of amides is 1. The molecule has 2 N–H and O–H groups in total. The fourth-order valence-electron chi connectivity index (χ4n) is 2.59. The van der Waals surface area contributed by atoms with Crippen molar-refractivity contribution >= 4 is 11.6 Å². The highest BCUT2D eigenvalue weighted by Gasteiger charge is 2.33. The third kappa shape index (κ3) is 5.40. The van der Waals surface area contributed by atoms with Crippen molar-refractivity contribution in [3.63, 3.8) is 0 Å². The summed E-state index contributed by atoms with van der Waals surface area (Å²) in [6.45, 7) is 4.71. The topological polar surface area (TPSA) is 87.5 Å². The summed E-state index contributed by atoms with van der Waals surface area (Å²) in [5, 5.41) is 16.7. The number of hydrogen-bond donors (Lipinski definition) is 2. The van der Waals surface area contributed by atoms with Gasteiger partial charge in [0.1, 0.15) is 5.56 Å². The van der Waals surface area contributed by atoms with Crippen molar-refractivity contribution < 1.29 is 22.9 Å². The Hall–Kier alpha value is -2.20. The Kier molecular flexibility index (Phi) is 6.32. The number of nitro groups is 1. The maximum atomic E-state index is 12.7. The van der Waals surface area contributed by atoms with Crippen LogP contribution in [-0.4, -0.2) is 55.0 Å². The number of carbonyl (C=O) groups is 1. The van der Waals surface area contributed by atoms with Crippen molar-refractivity contribution in [2.75, 3.05) is 39.3 Å². The zero-order valence-corrected chi connectivity index (χ0v) is 13.4. The van der Waals surface area contributed by atoms with Crippen LogP contribution in [0, 0.1) is 10.1 Å². The Morgan fingerprint density at radius 2 is 2.00 bits per heavy atom. The van der Waals surface area contributed by atoms with E-state index in [1.54, 1.807) is 0 Å². The summed E-state index contributed by atoms with van der Waals surface area (Å²) in [7, 11) is 0. The van der Waals surface area contributed by atoms with Gasteiger partial charge in [0.2, 0.25) is 0 Å². The van der Waals surface area contributed by atoms with E-state index < -0.39 is 28.3 Å². The molecule has 1 saturated heterocycles. The highest BCUT2D eigenvalue weighted by atomic mass is 19.4. The molecule has 1 aromatic carbocycles. The summed E-state index contributed by atoms with van der Waals surface area (Å²) >= 11 is 0. The van der Waals surface area contributed by atoms with Crippen LogP contribution in [0.3, 0.4) is 0 Å². The second-order valence-corrected chi connectivity index (χ2v) is 5.69. The minimum Gasteiger partial charge on any atom is -0.352 e. The second-order valence-electron chi connectivity index (χ2n) is 5.69. The van der Waals surface area contributed by atoms with E-state index >= 15 is 0 Å². The number of rotatable bonds is 6. The van der Waals surface area contributed by atoms with Crippen molar-refractivity contribution in [2.45, 2.75) is 12.6 Å². The van der Waals surface area contributed by atoms with Gasteiger partial charge in [0.25, 0.3) is 11.6 Å². The molecule has 0 bridgehead atoms. The molecule has 1 aliphatic heterocycles. The zero-order chi connectivity index (χ0) is 18.4. The predicted molar refractivity (Wildman–Crippen MR) is 84.4 cm³/mol. The van der Waals surface area contributed by atoms with Crippen molar-refractivity contribution in [2.24, 2.45) is 0 Å². The van der Waals surface area contributed by atoms with E-state index in [1.165, 1.54) is 0 Å². The lowest BCUT2D eigenvalue weighted by Gasteiger charge is -2.27. The van der Waals surface area contributed by atoms with Crippen LogP contribution in [0.5, 0.6) is 0 Å². The van der Waals surface area contributed by atoms with Gasteiger partial charge in [0.15, 0.2) is 0 Å². The third-order valence-corrected chi connectivity index (χ3v) is 3.91. The van der Waals surface area contributed by atoms with E-state index in [9.17, 15) is 28.1 Å². The molecule has 1 amide bonds. The Morgan fingerprint density at radius 3 is 2.60 bits per heavy atom. The first-order valence-electron chi connectivity index (χ1n) is 7.86. The number of carbonyl (C=O) groups excluding carboxylic acids is 1. The molecule has 138 valence electrons. The van der Waals surface area contributed by atoms with Crippen LogP contribution in [0.1, 0.15) is 22.3 Å². The molecule has 0 spiro atoms. The number of alkyl halides is 3. The zero-order valence-electron chi connectivity index (χ0n) is 13.4. The van der Waals surface area contributed by atoms with Gasteiger partial charge in [-0.2, -0.15) is 13.2 Å². The van der Waals surface area contributed by atoms with E-state index in [2.05, 4.69) is 15.5 Å². The van der Waals surface area contributed by atoms with Crippen LogP contribution < -0.4 is 10.6 Å². The van der Waals surface area contributed by atoms with Crippen LogP contribution in [0.25, 0.3) is 0 Å². The van der Waals surface area contributed by atoms with Crippen LogP contribution in [0.4, 0.5) is 18.9 Å². The molecule has 2 rings (SSSR count). The largest absolute Gasteiger partial charge is 0.416 e. The lowest BCUT2D eigenvalue weighted by Crippen LogP contribution is -2.44. The van der Waals surface area contributed by atoms with Crippen molar-refractivity contribution in [1.82, 2.24) is 15.5 Å². The highest BCUT2D eigenvalue weighted by Crippen LogP contribution is 2.32. The first-order valence-corrected chi connectivity index (χ1v) is 7.86. The molecule has 0 unspecified atom stereocenters. The Bertz CT molecular complexity index is 631. The molecule has 0 saturated carbocycles. The van der Waals surface area contributed by atoms with Gasteiger partial charge < -0.3 is 15.5 Å². The van der Waals surface area contributed by atoms with Gasteiger partial charge in [-0.25, -0.2) is 0 Å². The van der Waals surface area contributed by atoms with Crippen LogP contribution in [0.15, 0.2) is 18.2 Å². The number of nitro benzene ring substituents is 1. The maximum Gasteiger partial charge on any atom is 0.416 e. The maximum absolute atomic E-state index is 12.7. The normalized spacial score (nSPS) is 15.8. The number of halogens is 3. The molecule has 0 aliphatic carbocycles. The SMILES string of the molecule is O=C(NCCCN1CCNCC1)c1ccc(C(F)(F)F)cc1[N+](=O)[O-]. The summed E-state index contributed by atoms with van der Waals surface area (Å²) in [6, 6.07) is 1.89. The molecule has 0 atom stereocenters. The highest BCUT2D eigenvalue weighted by molar-refractivity contribution is 5.98. The van der Waals surface area contributed by atoms with Crippen LogP contribution in [0.2, 0.25) is 0 Å². The first-order chi connectivity index (χ1) is 11.8. The molecule has 7 nitrogen and oxygen atoms in total. The fourth-order valence-corrected chi connectivity index (χ4v) is 2.59. The average Bonchev–Trinajstić information content (AvgIpc) is 2.58.